The molecule has 4 aromatic carbocycles. The molecule has 3 atom stereocenters. The van der Waals surface area contributed by atoms with Gasteiger partial charge in [0.25, 0.3) is 0 Å². The van der Waals surface area contributed by atoms with E-state index in [0.717, 1.165) is 16.7 Å². The minimum atomic E-state index is -2.88. The minimum absolute atomic E-state index is 0.225. The molecule has 0 aromatic heterocycles. The zero-order chi connectivity index (χ0) is 35.5. The van der Waals surface area contributed by atoms with Crippen LogP contribution < -0.4 is 5.19 Å². The average Bonchev–Trinajstić information content (AvgIpc) is 3.02. The monoisotopic (exact) mass is 652 g/mol. The first-order chi connectivity index (χ1) is 21.8. The predicted octanol–water partition coefficient (Wildman–Crippen LogP) is 11.5. The van der Waals surface area contributed by atoms with Crippen LogP contribution >= 0.6 is 0 Å². The lowest BCUT2D eigenvalue weighted by atomic mass is 9.73. The van der Waals surface area contributed by atoms with Gasteiger partial charge in [-0.05, 0) is 52.1 Å². The molecule has 2 N–H and O–H groups in total. The van der Waals surface area contributed by atoms with Gasteiger partial charge in [0.15, 0.2) is 0 Å². The van der Waals surface area contributed by atoms with Gasteiger partial charge in [0.1, 0.15) is 0 Å². The highest BCUT2D eigenvalue weighted by molar-refractivity contribution is 6.87. The van der Waals surface area contributed by atoms with Crippen molar-refractivity contribution in [2.24, 2.45) is 16.7 Å². The Morgan fingerprint density at radius 2 is 0.936 bits per heavy atom. The second-order valence-corrected chi connectivity index (χ2v) is 20.1. The van der Waals surface area contributed by atoms with Gasteiger partial charge in [-0.1, -0.05) is 203 Å². The molecule has 0 bridgehead atoms. The number of rotatable bonds is 8. The van der Waals surface area contributed by atoms with Gasteiger partial charge < -0.3 is 9.90 Å². The standard InChI is InChI=1S/C18H24O2Si.C17H20.C9H20/c1-17(2,18(3,19)15-11-7-5-8-12-15)21(4,20)16-13-9-6-10-14-16;1-17(2,3)16(14-10-6-4-7-11-14)15-12-8-5-9-13-15;1-6-7-8(2)9(3,4)5/h5-14,19-20H,1-4H3;4-13,16H,1-3H3;8H,6-7H2,1-5H3. The van der Waals surface area contributed by atoms with E-state index in [1.165, 1.54) is 24.0 Å². The van der Waals surface area contributed by atoms with Crippen molar-refractivity contribution in [3.8, 4) is 0 Å². The maximum absolute atomic E-state index is 11.3. The fourth-order valence-electron chi connectivity index (χ4n) is 6.07. The summed E-state index contributed by atoms with van der Waals surface area (Å²) in [5, 5.41) is 11.5. The molecule has 0 saturated heterocycles. The zero-order valence-electron chi connectivity index (χ0n) is 31.5. The van der Waals surface area contributed by atoms with Crippen LogP contribution in [-0.2, 0) is 5.60 Å². The molecule has 0 saturated carbocycles. The first kappa shape index (κ1) is 40.2. The van der Waals surface area contributed by atoms with E-state index in [1.807, 2.05) is 81.1 Å². The number of hydrogen-bond acceptors (Lipinski definition) is 2. The molecule has 3 unspecified atom stereocenters. The second-order valence-electron chi connectivity index (χ2n) is 16.2. The minimum Gasteiger partial charge on any atom is -0.427 e. The molecule has 4 aromatic rings. The molecule has 4 rings (SSSR count). The molecule has 256 valence electrons. The quantitative estimate of drug-likeness (QED) is 0.186. The summed E-state index contributed by atoms with van der Waals surface area (Å²) in [7, 11) is -2.88. The van der Waals surface area contributed by atoms with E-state index < -0.39 is 19.0 Å². The highest BCUT2D eigenvalue weighted by Gasteiger charge is 2.55. The molecule has 0 fully saturated rings. The lowest BCUT2D eigenvalue weighted by Gasteiger charge is -2.48. The summed E-state index contributed by atoms with van der Waals surface area (Å²) in [5.74, 6) is 1.31. The van der Waals surface area contributed by atoms with Gasteiger partial charge in [-0.25, -0.2) is 0 Å². The van der Waals surface area contributed by atoms with Gasteiger partial charge in [-0.3, -0.25) is 0 Å². The summed E-state index contributed by atoms with van der Waals surface area (Å²) in [6, 6.07) is 40.8. The molecule has 2 nitrogen and oxygen atoms in total. The number of benzene rings is 4. The third-order valence-electron chi connectivity index (χ3n) is 10.4. The molecule has 0 spiro atoms. The van der Waals surface area contributed by atoms with Crippen molar-refractivity contribution in [3.05, 3.63) is 138 Å². The normalized spacial score (nSPS) is 15.2. The predicted molar refractivity (Wildman–Crippen MR) is 208 cm³/mol. The fraction of sp³-hybridized carbons (Fsp3) is 0.455. The summed E-state index contributed by atoms with van der Waals surface area (Å²) in [6.45, 7) is 26.1. The Morgan fingerprint density at radius 3 is 1.26 bits per heavy atom. The van der Waals surface area contributed by atoms with E-state index in [2.05, 4.69) is 116 Å². The van der Waals surface area contributed by atoms with Crippen molar-refractivity contribution in [2.75, 3.05) is 0 Å². The molecule has 47 heavy (non-hydrogen) atoms. The molecule has 0 aliphatic carbocycles. The van der Waals surface area contributed by atoms with E-state index in [-0.39, 0.29) is 5.41 Å². The molecule has 0 aliphatic rings. The Hall–Kier alpha value is -2.98. The van der Waals surface area contributed by atoms with Crippen LogP contribution in [0, 0.1) is 16.7 Å². The molecule has 3 heteroatoms. The Bertz CT molecular complexity index is 1320. The smallest absolute Gasteiger partial charge is 0.225 e. The first-order valence-electron chi connectivity index (χ1n) is 17.4. The SMILES string of the molecule is CC(C)(C)C(c1ccccc1)c1ccccc1.CC(O)(c1ccccc1)C(C)(C)[Si](C)(O)c1ccccc1.CCCC(C)C(C)(C)C. The fourth-order valence-corrected chi connectivity index (χ4v) is 8.73. The van der Waals surface area contributed by atoms with E-state index in [4.69, 9.17) is 0 Å². The Morgan fingerprint density at radius 1 is 0.574 bits per heavy atom. The first-order valence-corrected chi connectivity index (χ1v) is 19.9. The van der Waals surface area contributed by atoms with Crippen molar-refractivity contribution in [1.29, 1.82) is 0 Å². The van der Waals surface area contributed by atoms with Gasteiger partial charge in [0.05, 0.1) is 5.60 Å². The maximum Gasteiger partial charge on any atom is 0.225 e. The Balaban J connectivity index is 0.000000265. The molecular formula is C44H64O2Si. The van der Waals surface area contributed by atoms with E-state index >= 15 is 0 Å². The lowest BCUT2D eigenvalue weighted by molar-refractivity contribution is 0.00935. The van der Waals surface area contributed by atoms with Gasteiger partial charge in [-0.2, -0.15) is 0 Å². The van der Waals surface area contributed by atoms with Crippen LogP contribution in [0.25, 0.3) is 0 Å². The van der Waals surface area contributed by atoms with E-state index in [9.17, 15) is 9.90 Å². The van der Waals surface area contributed by atoms with Crippen molar-refractivity contribution in [2.45, 2.75) is 112 Å². The molecule has 0 heterocycles. The lowest BCUT2D eigenvalue weighted by Crippen LogP contribution is -2.60. The van der Waals surface area contributed by atoms with Gasteiger partial charge >= 0.3 is 0 Å². The Labute approximate surface area is 289 Å². The topological polar surface area (TPSA) is 40.5 Å². The van der Waals surface area contributed by atoms with E-state index in [0.29, 0.717) is 11.3 Å². The second kappa shape index (κ2) is 16.9. The average molecular weight is 653 g/mol. The van der Waals surface area contributed by atoms with Crippen molar-refractivity contribution in [1.82, 2.24) is 0 Å². The highest BCUT2D eigenvalue weighted by atomic mass is 28.4. The summed E-state index contributed by atoms with van der Waals surface area (Å²) in [4.78, 5) is 11.3. The number of hydrogen-bond donors (Lipinski definition) is 2. The molecule has 0 aliphatic heterocycles. The van der Waals surface area contributed by atoms with Crippen LogP contribution in [0.3, 0.4) is 0 Å². The van der Waals surface area contributed by atoms with Gasteiger partial charge in [0.2, 0.25) is 8.32 Å². The molecule has 0 amide bonds. The van der Waals surface area contributed by atoms with Crippen LogP contribution in [0.5, 0.6) is 0 Å². The maximum atomic E-state index is 11.3. The summed E-state index contributed by atoms with van der Waals surface area (Å²) in [5.41, 5.74) is 3.24. The van der Waals surface area contributed by atoms with Crippen molar-refractivity contribution >= 4 is 13.5 Å². The summed E-state index contributed by atoms with van der Waals surface area (Å²) >= 11 is 0. The third kappa shape index (κ3) is 10.8. The summed E-state index contributed by atoms with van der Waals surface area (Å²) < 4.78 is 0. The van der Waals surface area contributed by atoms with Gasteiger partial charge in [-0.15, -0.1) is 0 Å². The van der Waals surface area contributed by atoms with Crippen LogP contribution in [0.1, 0.15) is 112 Å². The molecular weight excluding hydrogens is 589 g/mol. The summed E-state index contributed by atoms with van der Waals surface area (Å²) in [6.07, 6.45) is 2.68. The Kier molecular flexibility index (Phi) is 14.5. The largest absolute Gasteiger partial charge is 0.427 e. The van der Waals surface area contributed by atoms with E-state index in [1.54, 1.807) is 6.92 Å². The van der Waals surface area contributed by atoms with Crippen LogP contribution in [0.4, 0.5) is 0 Å². The third-order valence-corrected chi connectivity index (χ3v) is 14.8. The highest BCUT2D eigenvalue weighted by Crippen LogP contribution is 2.51. The van der Waals surface area contributed by atoms with Gasteiger partial charge in [0, 0.05) is 11.0 Å². The van der Waals surface area contributed by atoms with Crippen molar-refractivity contribution < 1.29 is 9.90 Å². The number of aliphatic hydroxyl groups is 1. The zero-order valence-corrected chi connectivity index (χ0v) is 32.5. The molecule has 0 radical (unpaired) electrons. The van der Waals surface area contributed by atoms with Crippen molar-refractivity contribution in [3.63, 3.8) is 0 Å². The van der Waals surface area contributed by atoms with Crippen LogP contribution in [0.15, 0.2) is 121 Å². The van der Waals surface area contributed by atoms with Crippen LogP contribution in [0.2, 0.25) is 11.6 Å². The van der Waals surface area contributed by atoms with Crippen LogP contribution in [-0.4, -0.2) is 18.2 Å².